The largest absolute Gasteiger partial charge is 0.468 e. The van der Waals surface area contributed by atoms with Gasteiger partial charge in [-0.2, -0.15) is 13.2 Å². The zero-order valence-electron chi connectivity index (χ0n) is 16.2. The van der Waals surface area contributed by atoms with Gasteiger partial charge in [-0.05, 0) is 17.7 Å². The zero-order chi connectivity index (χ0) is 21.9. The van der Waals surface area contributed by atoms with Crippen LogP contribution >= 0.6 is 0 Å². The number of ether oxygens (including phenoxy) is 1. The second-order valence-corrected chi connectivity index (χ2v) is 7.24. The molecule has 2 aromatic heterocycles. The van der Waals surface area contributed by atoms with E-state index in [0.29, 0.717) is 17.3 Å². The van der Waals surface area contributed by atoms with Crippen LogP contribution in [-0.4, -0.2) is 33.9 Å². The first-order valence-electron chi connectivity index (χ1n) is 8.94. The number of nitrogens with zero attached hydrogens (tertiary/aromatic N) is 3. The molecule has 0 aliphatic rings. The summed E-state index contributed by atoms with van der Waals surface area (Å²) in [6.07, 6.45) is -4.28. The first-order valence-corrected chi connectivity index (χ1v) is 8.94. The first-order chi connectivity index (χ1) is 14.0. The molecule has 0 unspecified atom stereocenters. The van der Waals surface area contributed by atoms with Crippen molar-refractivity contribution in [2.24, 2.45) is 5.73 Å². The lowest BCUT2D eigenvalue weighted by Gasteiger charge is -2.25. The van der Waals surface area contributed by atoms with Crippen LogP contribution in [0.2, 0.25) is 0 Å². The maximum atomic E-state index is 12.4. The van der Waals surface area contributed by atoms with Crippen molar-refractivity contribution in [3.8, 4) is 17.3 Å². The topological polar surface area (TPSA) is 104 Å². The number of rotatable bonds is 7. The number of halogens is 3. The van der Waals surface area contributed by atoms with Crippen LogP contribution in [0.25, 0.3) is 11.5 Å². The Labute approximate surface area is 170 Å². The van der Waals surface area contributed by atoms with Gasteiger partial charge in [-0.3, -0.25) is 4.79 Å². The third-order valence-electron chi connectivity index (χ3n) is 4.30. The van der Waals surface area contributed by atoms with Gasteiger partial charge in [0.25, 0.3) is 5.91 Å². The Kier molecular flexibility index (Phi) is 5.77. The van der Waals surface area contributed by atoms with Crippen molar-refractivity contribution in [3.63, 3.8) is 0 Å². The monoisotopic (exact) mass is 420 g/mol. The van der Waals surface area contributed by atoms with E-state index >= 15 is 0 Å². The number of benzene rings is 1. The van der Waals surface area contributed by atoms with Crippen molar-refractivity contribution < 1.29 is 27.1 Å². The minimum absolute atomic E-state index is 0.178. The van der Waals surface area contributed by atoms with Gasteiger partial charge in [-0.15, -0.1) is 10.2 Å². The summed E-state index contributed by atoms with van der Waals surface area (Å²) in [6, 6.07) is 11.9. The normalized spacial score (nSPS) is 12.0. The molecule has 3 rings (SSSR count). The molecule has 0 bridgehead atoms. The van der Waals surface area contributed by atoms with Crippen molar-refractivity contribution in [1.82, 2.24) is 15.2 Å². The Morgan fingerprint density at radius 2 is 1.80 bits per heavy atom. The van der Waals surface area contributed by atoms with Gasteiger partial charge in [-0.1, -0.05) is 38.1 Å². The molecule has 10 heteroatoms. The number of amides is 1. The van der Waals surface area contributed by atoms with Crippen LogP contribution in [0.3, 0.4) is 0 Å². The van der Waals surface area contributed by atoms with Gasteiger partial charge < -0.3 is 14.9 Å². The molecule has 1 aromatic carbocycles. The van der Waals surface area contributed by atoms with Crippen molar-refractivity contribution in [2.45, 2.75) is 31.9 Å². The highest BCUT2D eigenvalue weighted by molar-refractivity contribution is 5.92. The van der Waals surface area contributed by atoms with Gasteiger partial charge in [0.05, 0.1) is 0 Å². The number of pyridine rings is 1. The van der Waals surface area contributed by atoms with Crippen molar-refractivity contribution in [2.75, 3.05) is 6.61 Å². The lowest BCUT2D eigenvalue weighted by molar-refractivity contribution is -0.154. The number of carbonyl (C=O) groups is 1. The summed E-state index contributed by atoms with van der Waals surface area (Å²) in [5, 5.41) is 8.08. The molecule has 0 aliphatic heterocycles. The molecule has 0 radical (unpaired) electrons. The summed E-state index contributed by atoms with van der Waals surface area (Å²) in [7, 11) is 0. The summed E-state index contributed by atoms with van der Waals surface area (Å²) in [5.74, 6) is -0.548. The molecule has 0 atom stereocenters. The molecule has 2 heterocycles. The van der Waals surface area contributed by atoms with E-state index in [9.17, 15) is 18.0 Å². The van der Waals surface area contributed by atoms with Crippen LogP contribution in [-0.2, 0) is 11.8 Å². The Morgan fingerprint density at radius 3 is 2.43 bits per heavy atom. The highest BCUT2D eigenvalue weighted by Gasteiger charge is 2.31. The van der Waals surface area contributed by atoms with Gasteiger partial charge in [0, 0.05) is 23.5 Å². The molecular formula is C20H19F3N4O3. The molecule has 7 nitrogen and oxygen atoms in total. The number of aromatic nitrogens is 3. The number of nitrogens with two attached hydrogens (primary N) is 1. The summed E-state index contributed by atoms with van der Waals surface area (Å²) in [6.45, 7) is 2.09. The second-order valence-electron chi connectivity index (χ2n) is 7.24. The first kappa shape index (κ1) is 21.3. The maximum absolute atomic E-state index is 12.4. The van der Waals surface area contributed by atoms with Crippen molar-refractivity contribution >= 4 is 5.91 Å². The van der Waals surface area contributed by atoms with Crippen LogP contribution in [0.1, 0.15) is 35.8 Å². The van der Waals surface area contributed by atoms with Crippen LogP contribution < -0.4 is 10.5 Å². The Hall–Kier alpha value is -3.43. The summed E-state index contributed by atoms with van der Waals surface area (Å²) in [5.41, 5.74) is 5.68. The third-order valence-corrected chi connectivity index (χ3v) is 4.30. The standard InChI is InChI=1S/C20H19F3N4O3/c1-19(2,10-15-26-27-18(30-15)12-6-4-3-5-7-12)13-8-9-14(25-16(13)17(24)28)29-11-20(21,22)23/h3-9H,10-11H2,1-2H3,(H2,24,28). The fourth-order valence-electron chi connectivity index (χ4n) is 2.91. The van der Waals surface area contributed by atoms with E-state index in [4.69, 9.17) is 10.2 Å². The fourth-order valence-corrected chi connectivity index (χ4v) is 2.91. The highest BCUT2D eigenvalue weighted by atomic mass is 19.4. The number of carbonyl (C=O) groups excluding carboxylic acids is 1. The molecule has 0 saturated heterocycles. The lowest BCUT2D eigenvalue weighted by Crippen LogP contribution is -2.28. The van der Waals surface area contributed by atoms with E-state index < -0.39 is 24.1 Å². The molecule has 0 fully saturated rings. The van der Waals surface area contributed by atoms with Crippen LogP contribution in [0, 0.1) is 0 Å². The van der Waals surface area contributed by atoms with E-state index in [-0.39, 0.29) is 18.0 Å². The molecule has 0 saturated carbocycles. The molecule has 0 spiro atoms. The molecule has 30 heavy (non-hydrogen) atoms. The molecule has 1 amide bonds. The third kappa shape index (κ3) is 5.13. The predicted octanol–water partition coefficient (Wildman–Crippen LogP) is 3.69. The molecule has 3 aromatic rings. The quantitative estimate of drug-likeness (QED) is 0.625. The van der Waals surface area contributed by atoms with Gasteiger partial charge in [0.2, 0.25) is 17.7 Å². The van der Waals surface area contributed by atoms with Gasteiger partial charge in [0.1, 0.15) is 5.69 Å². The second kappa shape index (κ2) is 8.13. The summed E-state index contributed by atoms with van der Waals surface area (Å²) < 4.78 is 47.4. The maximum Gasteiger partial charge on any atom is 0.422 e. The number of hydrogen-bond acceptors (Lipinski definition) is 6. The van der Waals surface area contributed by atoms with Gasteiger partial charge >= 0.3 is 6.18 Å². The van der Waals surface area contributed by atoms with E-state index in [1.165, 1.54) is 12.1 Å². The Balaban J connectivity index is 1.84. The highest BCUT2D eigenvalue weighted by Crippen LogP contribution is 2.31. The van der Waals surface area contributed by atoms with E-state index in [1.807, 2.05) is 30.3 Å². The SMILES string of the molecule is CC(C)(Cc1nnc(-c2ccccc2)o1)c1ccc(OCC(F)(F)F)nc1C(N)=O. The number of hydrogen-bond donors (Lipinski definition) is 1. The van der Waals surface area contributed by atoms with Crippen LogP contribution in [0.4, 0.5) is 13.2 Å². The predicted molar refractivity (Wildman–Crippen MR) is 101 cm³/mol. The van der Waals surface area contributed by atoms with Crippen molar-refractivity contribution in [3.05, 3.63) is 59.6 Å². The molecule has 2 N–H and O–H groups in total. The zero-order valence-corrected chi connectivity index (χ0v) is 16.2. The number of primary amides is 1. The lowest BCUT2D eigenvalue weighted by atomic mass is 9.80. The van der Waals surface area contributed by atoms with E-state index in [2.05, 4.69) is 19.9 Å². The summed E-state index contributed by atoms with van der Waals surface area (Å²) in [4.78, 5) is 15.8. The van der Waals surface area contributed by atoms with Crippen molar-refractivity contribution in [1.29, 1.82) is 0 Å². The van der Waals surface area contributed by atoms with Gasteiger partial charge in [-0.25, -0.2) is 4.98 Å². The number of alkyl halides is 3. The minimum atomic E-state index is -4.53. The van der Waals surface area contributed by atoms with E-state index in [0.717, 1.165) is 5.56 Å². The molecule has 0 aliphatic carbocycles. The Bertz CT molecular complexity index is 1030. The Morgan fingerprint density at radius 1 is 1.10 bits per heavy atom. The average Bonchev–Trinajstić information content (AvgIpc) is 3.14. The van der Waals surface area contributed by atoms with Crippen LogP contribution in [0.15, 0.2) is 46.9 Å². The molecule has 158 valence electrons. The minimum Gasteiger partial charge on any atom is -0.468 e. The average molecular weight is 420 g/mol. The van der Waals surface area contributed by atoms with Crippen LogP contribution in [0.5, 0.6) is 5.88 Å². The summed E-state index contributed by atoms with van der Waals surface area (Å²) >= 11 is 0. The van der Waals surface area contributed by atoms with E-state index in [1.54, 1.807) is 13.8 Å². The van der Waals surface area contributed by atoms with Gasteiger partial charge in [0.15, 0.2) is 6.61 Å². The smallest absolute Gasteiger partial charge is 0.422 e. The fraction of sp³-hybridized carbons (Fsp3) is 0.300. The molecular weight excluding hydrogens is 401 g/mol.